The summed E-state index contributed by atoms with van der Waals surface area (Å²) in [4.78, 5) is 12.7. The Hall–Kier alpha value is -3.27. The van der Waals surface area contributed by atoms with Crippen molar-refractivity contribution >= 4 is 16.6 Å². The quantitative estimate of drug-likeness (QED) is 0.569. The zero-order chi connectivity index (χ0) is 15.6. The molecule has 110 valence electrons. The average molecular weight is 298 g/mol. The Balaban J connectivity index is 2.02. The number of nitrogens with two attached hydrogens (primary N) is 1. The molecule has 0 bridgehead atoms. The number of benzene rings is 2. The second-order valence-electron chi connectivity index (χ2n) is 5.35. The number of hydrogen-bond acceptors (Lipinski definition) is 4. The molecule has 0 saturated heterocycles. The lowest BCUT2D eigenvalue weighted by atomic mass is 9.96. The number of nitrogens with zero attached hydrogens (tertiary/aromatic N) is 3. The predicted octanol–water partition coefficient (Wildman–Crippen LogP) is 3.94. The lowest BCUT2D eigenvalue weighted by Crippen LogP contribution is -1.90. The van der Waals surface area contributed by atoms with Gasteiger partial charge in [0.05, 0.1) is 5.52 Å². The van der Waals surface area contributed by atoms with Crippen molar-refractivity contribution in [2.45, 2.75) is 0 Å². The van der Waals surface area contributed by atoms with E-state index in [1.54, 1.807) is 18.7 Å². The standard InChI is InChI=1S/C19H14N4/c20-17-3-1-2-14(9-17)18-10-15(13-4-6-21-7-5-13)8-16-11-22-12-23-19(16)18/h1-12H,20H2. The number of fused-ring (bicyclic) bond motifs is 1. The number of aromatic nitrogens is 3. The van der Waals surface area contributed by atoms with Crippen molar-refractivity contribution in [2.24, 2.45) is 0 Å². The Morgan fingerprint density at radius 1 is 0.783 bits per heavy atom. The van der Waals surface area contributed by atoms with Gasteiger partial charge in [-0.25, -0.2) is 9.97 Å². The van der Waals surface area contributed by atoms with Crippen LogP contribution in [0.25, 0.3) is 33.2 Å². The van der Waals surface area contributed by atoms with E-state index in [2.05, 4.69) is 27.1 Å². The summed E-state index contributed by atoms with van der Waals surface area (Å²) < 4.78 is 0. The van der Waals surface area contributed by atoms with E-state index in [9.17, 15) is 0 Å². The van der Waals surface area contributed by atoms with E-state index in [1.807, 2.05) is 42.6 Å². The van der Waals surface area contributed by atoms with Gasteiger partial charge in [0, 0.05) is 35.2 Å². The van der Waals surface area contributed by atoms with Crippen LogP contribution in [0.2, 0.25) is 0 Å². The maximum atomic E-state index is 5.95. The number of nitrogen functional groups attached to an aromatic ring is 1. The van der Waals surface area contributed by atoms with Crippen molar-refractivity contribution in [1.29, 1.82) is 0 Å². The van der Waals surface area contributed by atoms with Gasteiger partial charge in [0.2, 0.25) is 0 Å². The molecule has 0 saturated carbocycles. The van der Waals surface area contributed by atoms with Gasteiger partial charge in [0.15, 0.2) is 0 Å². The Labute approximate surface area is 133 Å². The van der Waals surface area contributed by atoms with Gasteiger partial charge in [-0.15, -0.1) is 0 Å². The van der Waals surface area contributed by atoms with Gasteiger partial charge in [-0.1, -0.05) is 12.1 Å². The lowest BCUT2D eigenvalue weighted by molar-refractivity contribution is 1.22. The second-order valence-corrected chi connectivity index (χ2v) is 5.35. The van der Waals surface area contributed by atoms with E-state index in [0.29, 0.717) is 0 Å². The zero-order valence-electron chi connectivity index (χ0n) is 12.3. The molecule has 4 nitrogen and oxygen atoms in total. The van der Waals surface area contributed by atoms with Crippen molar-refractivity contribution in [3.63, 3.8) is 0 Å². The van der Waals surface area contributed by atoms with Gasteiger partial charge in [0.25, 0.3) is 0 Å². The lowest BCUT2D eigenvalue weighted by Gasteiger charge is -2.10. The third kappa shape index (κ3) is 2.51. The van der Waals surface area contributed by atoms with E-state index in [1.165, 1.54) is 0 Å². The van der Waals surface area contributed by atoms with Crippen LogP contribution in [0.5, 0.6) is 0 Å². The van der Waals surface area contributed by atoms with Crippen molar-refractivity contribution < 1.29 is 0 Å². The van der Waals surface area contributed by atoms with Crippen LogP contribution in [0.15, 0.2) is 73.4 Å². The molecule has 0 spiro atoms. The maximum Gasteiger partial charge on any atom is 0.116 e. The van der Waals surface area contributed by atoms with Gasteiger partial charge in [-0.3, -0.25) is 4.98 Å². The first-order chi connectivity index (χ1) is 11.3. The van der Waals surface area contributed by atoms with Crippen LogP contribution in [0, 0.1) is 0 Å². The molecule has 4 aromatic rings. The Bertz CT molecular complexity index is 981. The average Bonchev–Trinajstić information content (AvgIpc) is 2.61. The largest absolute Gasteiger partial charge is 0.399 e. The number of rotatable bonds is 2. The fraction of sp³-hybridized carbons (Fsp3) is 0. The van der Waals surface area contributed by atoms with E-state index >= 15 is 0 Å². The smallest absolute Gasteiger partial charge is 0.116 e. The van der Waals surface area contributed by atoms with E-state index in [4.69, 9.17) is 5.73 Å². The van der Waals surface area contributed by atoms with Crippen LogP contribution in [0.4, 0.5) is 5.69 Å². The molecule has 0 unspecified atom stereocenters. The highest BCUT2D eigenvalue weighted by Gasteiger charge is 2.09. The molecule has 2 N–H and O–H groups in total. The highest BCUT2D eigenvalue weighted by atomic mass is 14.8. The molecule has 23 heavy (non-hydrogen) atoms. The Morgan fingerprint density at radius 2 is 1.65 bits per heavy atom. The van der Waals surface area contributed by atoms with Crippen molar-refractivity contribution in [3.05, 3.63) is 73.4 Å². The third-order valence-electron chi connectivity index (χ3n) is 3.82. The molecule has 0 radical (unpaired) electrons. The predicted molar refractivity (Wildman–Crippen MR) is 92.6 cm³/mol. The Morgan fingerprint density at radius 3 is 2.48 bits per heavy atom. The maximum absolute atomic E-state index is 5.95. The summed E-state index contributed by atoms with van der Waals surface area (Å²) in [6, 6.07) is 16.1. The highest BCUT2D eigenvalue weighted by molar-refractivity contribution is 5.97. The molecule has 2 aromatic heterocycles. The van der Waals surface area contributed by atoms with Gasteiger partial charge < -0.3 is 5.73 Å². The zero-order valence-corrected chi connectivity index (χ0v) is 12.3. The molecular formula is C19H14N4. The number of anilines is 1. The van der Waals surface area contributed by atoms with E-state index in [-0.39, 0.29) is 0 Å². The minimum Gasteiger partial charge on any atom is -0.399 e. The summed E-state index contributed by atoms with van der Waals surface area (Å²) in [6.45, 7) is 0. The monoisotopic (exact) mass is 298 g/mol. The summed E-state index contributed by atoms with van der Waals surface area (Å²) in [5.74, 6) is 0. The first-order valence-corrected chi connectivity index (χ1v) is 7.31. The minimum absolute atomic E-state index is 0.735. The van der Waals surface area contributed by atoms with Crippen LogP contribution in [-0.2, 0) is 0 Å². The molecule has 2 aromatic carbocycles. The number of pyridine rings is 1. The fourth-order valence-electron chi connectivity index (χ4n) is 2.74. The minimum atomic E-state index is 0.735. The third-order valence-corrected chi connectivity index (χ3v) is 3.82. The van der Waals surface area contributed by atoms with Crippen LogP contribution < -0.4 is 5.73 Å². The van der Waals surface area contributed by atoms with Crippen LogP contribution in [0.3, 0.4) is 0 Å². The Kier molecular flexibility index (Phi) is 3.20. The van der Waals surface area contributed by atoms with E-state index in [0.717, 1.165) is 38.8 Å². The van der Waals surface area contributed by atoms with Crippen molar-refractivity contribution in [1.82, 2.24) is 15.0 Å². The molecule has 2 heterocycles. The SMILES string of the molecule is Nc1cccc(-c2cc(-c3ccncc3)cc3cncnc23)c1. The fourth-order valence-corrected chi connectivity index (χ4v) is 2.74. The van der Waals surface area contributed by atoms with Gasteiger partial charge >= 0.3 is 0 Å². The summed E-state index contributed by atoms with van der Waals surface area (Å²) >= 11 is 0. The summed E-state index contributed by atoms with van der Waals surface area (Å²) in [6.07, 6.45) is 7.00. The highest BCUT2D eigenvalue weighted by Crippen LogP contribution is 2.33. The van der Waals surface area contributed by atoms with Gasteiger partial charge in [0.1, 0.15) is 6.33 Å². The second kappa shape index (κ2) is 5.50. The summed E-state index contributed by atoms with van der Waals surface area (Å²) in [7, 11) is 0. The molecule has 4 heteroatoms. The van der Waals surface area contributed by atoms with Crippen LogP contribution >= 0.6 is 0 Å². The van der Waals surface area contributed by atoms with Gasteiger partial charge in [-0.2, -0.15) is 0 Å². The molecular weight excluding hydrogens is 284 g/mol. The summed E-state index contributed by atoms with van der Waals surface area (Å²) in [5.41, 5.74) is 11.9. The van der Waals surface area contributed by atoms with Crippen LogP contribution in [0.1, 0.15) is 0 Å². The first-order valence-electron chi connectivity index (χ1n) is 7.31. The van der Waals surface area contributed by atoms with Crippen molar-refractivity contribution in [2.75, 3.05) is 5.73 Å². The molecule has 0 atom stereocenters. The topological polar surface area (TPSA) is 64.7 Å². The molecule has 0 fully saturated rings. The molecule has 0 aliphatic heterocycles. The van der Waals surface area contributed by atoms with Crippen LogP contribution in [-0.4, -0.2) is 15.0 Å². The van der Waals surface area contributed by atoms with Gasteiger partial charge in [-0.05, 0) is 53.1 Å². The number of hydrogen-bond donors (Lipinski definition) is 1. The molecule has 0 aliphatic rings. The van der Waals surface area contributed by atoms with Crippen molar-refractivity contribution in [3.8, 4) is 22.3 Å². The molecule has 0 amide bonds. The molecule has 4 rings (SSSR count). The normalized spacial score (nSPS) is 10.8. The molecule has 0 aliphatic carbocycles. The first kappa shape index (κ1) is 13.4. The van der Waals surface area contributed by atoms with E-state index < -0.39 is 0 Å². The summed E-state index contributed by atoms with van der Waals surface area (Å²) in [5, 5.41) is 0.999.